The first-order valence-electron chi connectivity index (χ1n) is 15.9. The number of rotatable bonds is 12. The Morgan fingerprint density at radius 2 is 1.66 bits per heavy atom. The average molecular weight is 690 g/mol. The van der Waals surface area contributed by atoms with Gasteiger partial charge in [0.25, 0.3) is 11.8 Å². The van der Waals surface area contributed by atoms with E-state index in [-0.39, 0.29) is 30.0 Å². The topological polar surface area (TPSA) is 226 Å². The minimum atomic E-state index is -1.63. The highest BCUT2D eigenvalue weighted by Gasteiger charge is 2.50. The van der Waals surface area contributed by atoms with Crippen molar-refractivity contribution >= 4 is 28.8 Å². The van der Waals surface area contributed by atoms with Crippen molar-refractivity contribution in [1.29, 1.82) is 0 Å². The van der Waals surface area contributed by atoms with E-state index in [0.29, 0.717) is 35.1 Å². The van der Waals surface area contributed by atoms with Crippen molar-refractivity contribution < 1.29 is 53.4 Å². The number of benzene rings is 3. The second-order valence-electron chi connectivity index (χ2n) is 11.8. The third kappa shape index (κ3) is 6.77. The Balaban J connectivity index is 1.04. The van der Waals surface area contributed by atoms with Crippen molar-refractivity contribution in [1.82, 2.24) is 16.0 Å². The highest BCUT2D eigenvalue weighted by molar-refractivity contribution is 6.10. The second-order valence-corrected chi connectivity index (χ2v) is 11.8. The maximum absolute atomic E-state index is 13.1. The summed E-state index contributed by atoms with van der Waals surface area (Å²) in [6.45, 7) is -0.165. The molecule has 50 heavy (non-hydrogen) atoms. The largest absolute Gasteiger partial charge is 0.493 e. The monoisotopic (exact) mass is 689 g/mol. The summed E-state index contributed by atoms with van der Waals surface area (Å²) in [6, 6.07) is 20.9. The molecule has 6 atom stereocenters. The third-order valence-electron chi connectivity index (χ3n) is 8.53. The molecule has 2 aliphatic heterocycles. The van der Waals surface area contributed by atoms with Crippen molar-refractivity contribution in [3.8, 4) is 11.5 Å². The van der Waals surface area contributed by atoms with Crippen LogP contribution in [0.3, 0.4) is 0 Å². The quantitative estimate of drug-likeness (QED) is 0.0618. The van der Waals surface area contributed by atoms with Crippen LogP contribution in [0.4, 0.5) is 4.79 Å². The SMILES string of the molecule is O=C1NC(=O)[C@](c2ccccc2)(c2ccccc2OCCCCNC(=O)c2cc3ccc(O[C@@H]4O[C@H](CO)[C@H](O)[C@H](O)[C@H]4O)cc3oc2=O)N1. The van der Waals surface area contributed by atoms with Gasteiger partial charge in [-0.05, 0) is 42.7 Å². The van der Waals surface area contributed by atoms with Gasteiger partial charge in [-0.1, -0.05) is 48.5 Å². The lowest BCUT2D eigenvalue weighted by molar-refractivity contribution is -0.277. The molecule has 15 nitrogen and oxygen atoms in total. The number of aliphatic hydroxyl groups is 4. The molecule has 2 fully saturated rings. The maximum Gasteiger partial charge on any atom is 0.349 e. The summed E-state index contributed by atoms with van der Waals surface area (Å²) in [7, 11) is 0. The molecule has 3 heterocycles. The molecular formula is C35H35N3O12. The minimum Gasteiger partial charge on any atom is -0.493 e. The van der Waals surface area contributed by atoms with Crippen LogP contribution in [0.5, 0.6) is 11.5 Å². The molecular weight excluding hydrogens is 654 g/mol. The number of carbonyl (C=O) groups excluding carboxylic acids is 3. The van der Waals surface area contributed by atoms with Crippen LogP contribution in [0.25, 0.3) is 11.0 Å². The first kappa shape index (κ1) is 34.5. The molecule has 2 saturated heterocycles. The van der Waals surface area contributed by atoms with Crippen LogP contribution in [0, 0.1) is 0 Å². The number of carbonyl (C=O) groups is 3. The number of imide groups is 1. The average Bonchev–Trinajstić information content (AvgIpc) is 3.43. The molecule has 1 aromatic heterocycles. The number of unbranched alkanes of at least 4 members (excludes halogenated alkanes) is 1. The molecule has 4 aromatic rings. The first-order chi connectivity index (χ1) is 24.1. The van der Waals surface area contributed by atoms with E-state index in [1.54, 1.807) is 48.5 Å². The lowest BCUT2D eigenvalue weighted by atomic mass is 9.82. The number of hydrogen-bond donors (Lipinski definition) is 7. The van der Waals surface area contributed by atoms with Gasteiger partial charge in [0.2, 0.25) is 6.29 Å². The molecule has 0 spiro atoms. The van der Waals surface area contributed by atoms with Gasteiger partial charge in [-0.3, -0.25) is 14.9 Å². The zero-order chi connectivity index (χ0) is 35.4. The Morgan fingerprint density at radius 3 is 2.40 bits per heavy atom. The van der Waals surface area contributed by atoms with E-state index in [0.717, 1.165) is 0 Å². The van der Waals surface area contributed by atoms with Crippen LogP contribution in [0.2, 0.25) is 0 Å². The predicted octanol–water partition coefficient (Wildman–Crippen LogP) is 0.644. The predicted molar refractivity (Wildman–Crippen MR) is 174 cm³/mol. The molecule has 4 amide bonds. The van der Waals surface area contributed by atoms with Gasteiger partial charge in [0.05, 0.1) is 13.2 Å². The summed E-state index contributed by atoms with van der Waals surface area (Å²) in [5.74, 6) is -0.652. The van der Waals surface area contributed by atoms with E-state index in [1.165, 1.54) is 24.3 Å². The van der Waals surface area contributed by atoms with E-state index in [1.807, 2.05) is 6.07 Å². The molecule has 7 N–H and O–H groups in total. The highest BCUT2D eigenvalue weighted by Crippen LogP contribution is 2.38. The maximum atomic E-state index is 13.1. The van der Waals surface area contributed by atoms with E-state index in [4.69, 9.17) is 18.6 Å². The molecule has 262 valence electrons. The van der Waals surface area contributed by atoms with Gasteiger partial charge in [-0.15, -0.1) is 0 Å². The molecule has 15 heteroatoms. The van der Waals surface area contributed by atoms with Gasteiger partial charge in [0.15, 0.2) is 5.54 Å². The Kier molecular flexibility index (Phi) is 10.1. The van der Waals surface area contributed by atoms with Gasteiger partial charge in [0.1, 0.15) is 47.1 Å². The number of amides is 4. The molecule has 2 aliphatic rings. The number of hydrogen-bond acceptors (Lipinski definition) is 12. The summed E-state index contributed by atoms with van der Waals surface area (Å²) in [6.07, 6.45) is -6.38. The number of ether oxygens (including phenoxy) is 3. The van der Waals surface area contributed by atoms with Gasteiger partial charge >= 0.3 is 11.7 Å². The normalized spacial score (nSPS) is 24.8. The number of urea groups is 1. The van der Waals surface area contributed by atoms with Gasteiger partial charge in [0, 0.05) is 23.6 Å². The van der Waals surface area contributed by atoms with Crippen LogP contribution in [0.15, 0.2) is 88.1 Å². The molecule has 0 bridgehead atoms. The van der Waals surface area contributed by atoms with Gasteiger partial charge < -0.3 is 49.7 Å². The first-order valence-corrected chi connectivity index (χ1v) is 15.9. The van der Waals surface area contributed by atoms with Gasteiger partial charge in [-0.2, -0.15) is 0 Å². The van der Waals surface area contributed by atoms with Crippen LogP contribution >= 0.6 is 0 Å². The summed E-state index contributed by atoms with van der Waals surface area (Å²) in [4.78, 5) is 50.9. The lowest BCUT2D eigenvalue weighted by Crippen LogP contribution is -2.60. The van der Waals surface area contributed by atoms with Crippen molar-refractivity contribution in [3.63, 3.8) is 0 Å². The second kappa shape index (κ2) is 14.7. The molecule has 0 saturated carbocycles. The smallest absolute Gasteiger partial charge is 0.349 e. The zero-order valence-electron chi connectivity index (χ0n) is 26.5. The van der Waals surface area contributed by atoms with E-state index < -0.39 is 66.3 Å². The Morgan fingerprint density at radius 1 is 0.900 bits per heavy atom. The van der Waals surface area contributed by atoms with Crippen LogP contribution in [0.1, 0.15) is 34.3 Å². The lowest BCUT2D eigenvalue weighted by Gasteiger charge is -2.39. The molecule has 0 unspecified atom stereocenters. The minimum absolute atomic E-state index is 0.0785. The van der Waals surface area contributed by atoms with Crippen LogP contribution in [-0.2, 0) is 15.1 Å². The zero-order valence-corrected chi connectivity index (χ0v) is 26.5. The fraction of sp³-hybridized carbons (Fsp3) is 0.314. The van der Waals surface area contributed by atoms with E-state index in [2.05, 4.69) is 16.0 Å². The van der Waals surface area contributed by atoms with E-state index >= 15 is 0 Å². The molecule has 3 aromatic carbocycles. The van der Waals surface area contributed by atoms with Crippen LogP contribution in [-0.4, -0.2) is 88.7 Å². The fourth-order valence-electron chi connectivity index (χ4n) is 5.92. The van der Waals surface area contributed by atoms with Crippen molar-refractivity contribution in [3.05, 3.63) is 106 Å². The van der Waals surface area contributed by atoms with Crippen molar-refractivity contribution in [2.45, 2.75) is 49.1 Å². The van der Waals surface area contributed by atoms with Crippen LogP contribution < -0.4 is 31.0 Å². The number of aliphatic hydroxyl groups excluding tert-OH is 4. The summed E-state index contributed by atoms with van der Waals surface area (Å²) < 4.78 is 22.3. The number of fused-ring (bicyclic) bond motifs is 1. The van der Waals surface area contributed by atoms with Gasteiger partial charge in [-0.25, -0.2) is 9.59 Å². The Hall–Kier alpha value is -5.32. The summed E-state index contributed by atoms with van der Waals surface area (Å²) in [5, 5.41) is 47.8. The Labute approximate surface area is 284 Å². The number of nitrogens with one attached hydrogen (secondary N) is 3. The molecule has 0 radical (unpaired) electrons. The fourth-order valence-corrected chi connectivity index (χ4v) is 5.92. The Bertz CT molecular complexity index is 1930. The summed E-state index contributed by atoms with van der Waals surface area (Å²) >= 11 is 0. The highest BCUT2D eigenvalue weighted by atomic mass is 16.7. The third-order valence-corrected chi connectivity index (χ3v) is 8.53. The molecule has 0 aliphatic carbocycles. The van der Waals surface area contributed by atoms with Crippen molar-refractivity contribution in [2.75, 3.05) is 19.8 Å². The molecule has 6 rings (SSSR count). The van der Waals surface area contributed by atoms with E-state index in [9.17, 15) is 39.6 Å². The summed E-state index contributed by atoms with van der Waals surface area (Å²) in [5.41, 5.74) is -1.46. The number of para-hydroxylation sites is 1. The standard InChI is InChI=1S/C35H35N3O12/c39-18-26-27(40)28(41)29(42)32(50-26)48-21-13-12-19-16-22(31(44)49-25(19)17-21)30(43)36-14-6-7-15-47-24-11-5-4-10-23(24)35(20-8-2-1-3-9-20)33(45)37-34(46)38-35/h1-5,8-13,16-17,26-29,32,39-42H,6-7,14-15,18H2,(H,36,43)(H2,37,38,45,46)/t26-,27+,28+,29-,32-,35+/m1/s1. The van der Waals surface area contributed by atoms with Crippen molar-refractivity contribution in [2.24, 2.45) is 0 Å².